The molecule has 1 N–H and O–H groups in total. The summed E-state index contributed by atoms with van der Waals surface area (Å²) in [6.07, 6.45) is 4.23. The van der Waals surface area contributed by atoms with Crippen LogP contribution >= 0.6 is 0 Å². The van der Waals surface area contributed by atoms with Gasteiger partial charge >= 0.3 is 0 Å². The third-order valence-corrected chi connectivity index (χ3v) is 3.29. The fourth-order valence-electron chi connectivity index (χ4n) is 2.21. The zero-order valence-electron chi connectivity index (χ0n) is 11.6. The lowest BCUT2D eigenvalue weighted by molar-refractivity contribution is -0.116. The molecule has 5 nitrogen and oxygen atoms in total. The van der Waals surface area contributed by atoms with Gasteiger partial charge in [0.1, 0.15) is 0 Å². The van der Waals surface area contributed by atoms with Crippen LogP contribution in [0.4, 0.5) is 11.5 Å². The first-order valence-corrected chi connectivity index (χ1v) is 6.66. The fourth-order valence-corrected chi connectivity index (χ4v) is 2.21. The maximum Gasteiger partial charge on any atom is 0.224 e. The molecule has 19 heavy (non-hydrogen) atoms. The van der Waals surface area contributed by atoms with Crippen LogP contribution in [0.25, 0.3) is 0 Å². The van der Waals surface area contributed by atoms with Crippen LogP contribution in [0.2, 0.25) is 0 Å². The largest absolute Gasteiger partial charge is 0.381 e. The zero-order chi connectivity index (χ0) is 13.7. The highest BCUT2D eigenvalue weighted by Crippen LogP contribution is 2.22. The van der Waals surface area contributed by atoms with Gasteiger partial charge < -0.3 is 15.0 Å². The Morgan fingerprint density at radius 3 is 3.11 bits per heavy atom. The van der Waals surface area contributed by atoms with Gasteiger partial charge in [0.15, 0.2) is 5.82 Å². The second-order valence-electron chi connectivity index (χ2n) is 5.09. The monoisotopic (exact) mass is 263 g/mol. The predicted molar refractivity (Wildman–Crippen MR) is 75.4 cm³/mol. The average Bonchev–Trinajstić information content (AvgIpc) is 2.90. The van der Waals surface area contributed by atoms with E-state index in [0.717, 1.165) is 37.6 Å². The van der Waals surface area contributed by atoms with E-state index in [0.29, 0.717) is 12.3 Å². The summed E-state index contributed by atoms with van der Waals surface area (Å²) >= 11 is 0. The Balaban J connectivity index is 1.87. The number of nitrogens with one attached hydrogen (secondary N) is 1. The van der Waals surface area contributed by atoms with E-state index < -0.39 is 0 Å². The summed E-state index contributed by atoms with van der Waals surface area (Å²) in [5, 5.41) is 2.93. The third-order valence-electron chi connectivity index (χ3n) is 3.29. The van der Waals surface area contributed by atoms with E-state index in [1.165, 1.54) is 0 Å². The molecule has 104 valence electrons. The number of hydrogen-bond acceptors (Lipinski definition) is 4. The van der Waals surface area contributed by atoms with E-state index >= 15 is 0 Å². The predicted octanol–water partition coefficient (Wildman–Crippen LogP) is 1.90. The molecule has 1 aromatic heterocycles. The maximum absolute atomic E-state index is 11.9. The number of amides is 1. The molecule has 0 saturated carbocycles. The van der Waals surface area contributed by atoms with Gasteiger partial charge in [0, 0.05) is 39.9 Å². The van der Waals surface area contributed by atoms with Crippen molar-refractivity contribution in [2.45, 2.75) is 19.3 Å². The summed E-state index contributed by atoms with van der Waals surface area (Å²) in [5.41, 5.74) is 0.764. The number of anilines is 2. The summed E-state index contributed by atoms with van der Waals surface area (Å²) in [4.78, 5) is 18.1. The van der Waals surface area contributed by atoms with Crippen LogP contribution in [-0.4, -0.2) is 38.2 Å². The topological polar surface area (TPSA) is 54.5 Å². The molecule has 2 heterocycles. The Hall–Kier alpha value is -1.62. The van der Waals surface area contributed by atoms with Crippen molar-refractivity contribution in [3.63, 3.8) is 0 Å². The van der Waals surface area contributed by atoms with Gasteiger partial charge in [0.2, 0.25) is 5.91 Å². The van der Waals surface area contributed by atoms with Crippen LogP contribution in [-0.2, 0) is 9.53 Å². The van der Waals surface area contributed by atoms with Gasteiger partial charge in [0.05, 0.1) is 5.69 Å². The molecule has 0 radical (unpaired) electrons. The third kappa shape index (κ3) is 3.92. The van der Waals surface area contributed by atoms with E-state index in [1.807, 2.05) is 31.1 Å². The van der Waals surface area contributed by atoms with Crippen LogP contribution in [0.1, 0.15) is 19.3 Å². The van der Waals surface area contributed by atoms with Crippen LogP contribution in [0.3, 0.4) is 0 Å². The lowest BCUT2D eigenvalue weighted by Crippen LogP contribution is -2.18. The standard InChI is InChI=1S/C14H21N3O2/c1-17(2)14-12(4-3-8-15-14)16-13(18)6-5-11-7-9-19-10-11/h3-4,8,11H,5-7,9-10H2,1-2H3,(H,16,18). The minimum absolute atomic E-state index is 0.0444. The molecule has 1 aliphatic rings. The van der Waals surface area contributed by atoms with Crippen molar-refractivity contribution in [3.05, 3.63) is 18.3 Å². The number of pyridine rings is 1. The molecule has 1 atom stereocenters. The average molecular weight is 263 g/mol. The molecule has 0 spiro atoms. The van der Waals surface area contributed by atoms with E-state index in [-0.39, 0.29) is 5.91 Å². The zero-order valence-corrected chi connectivity index (χ0v) is 11.6. The van der Waals surface area contributed by atoms with Crippen molar-refractivity contribution >= 4 is 17.4 Å². The molecule has 0 aromatic carbocycles. The first kappa shape index (κ1) is 13.8. The highest BCUT2D eigenvalue weighted by Gasteiger charge is 2.17. The number of rotatable bonds is 5. The second-order valence-corrected chi connectivity index (χ2v) is 5.09. The molecule has 0 aliphatic carbocycles. The normalized spacial score (nSPS) is 18.3. The van der Waals surface area contributed by atoms with Gasteiger partial charge in [0.25, 0.3) is 0 Å². The molecule has 1 aliphatic heterocycles. The minimum Gasteiger partial charge on any atom is -0.381 e. The molecule has 1 aromatic rings. The Morgan fingerprint density at radius 1 is 1.58 bits per heavy atom. The van der Waals surface area contributed by atoms with Crippen molar-refractivity contribution in [2.75, 3.05) is 37.5 Å². The minimum atomic E-state index is 0.0444. The smallest absolute Gasteiger partial charge is 0.224 e. The van der Waals surface area contributed by atoms with E-state index in [1.54, 1.807) is 6.20 Å². The fraction of sp³-hybridized carbons (Fsp3) is 0.571. The van der Waals surface area contributed by atoms with E-state index in [4.69, 9.17) is 4.74 Å². The van der Waals surface area contributed by atoms with Gasteiger partial charge in [-0.1, -0.05) is 0 Å². The first-order chi connectivity index (χ1) is 9.16. The summed E-state index contributed by atoms with van der Waals surface area (Å²) in [6.45, 7) is 1.63. The second kappa shape index (κ2) is 6.52. The van der Waals surface area contributed by atoms with Crippen molar-refractivity contribution in [3.8, 4) is 0 Å². The molecule has 1 saturated heterocycles. The number of carbonyl (C=O) groups excluding carboxylic acids is 1. The summed E-state index contributed by atoms with van der Waals surface area (Å²) < 4.78 is 5.31. The van der Waals surface area contributed by atoms with Crippen LogP contribution < -0.4 is 10.2 Å². The molecular formula is C14H21N3O2. The first-order valence-electron chi connectivity index (χ1n) is 6.66. The van der Waals surface area contributed by atoms with Crippen molar-refractivity contribution < 1.29 is 9.53 Å². The molecule has 0 bridgehead atoms. The van der Waals surface area contributed by atoms with Gasteiger partial charge in [-0.3, -0.25) is 4.79 Å². The molecule has 1 fully saturated rings. The summed E-state index contributed by atoms with van der Waals surface area (Å²) in [6, 6.07) is 3.70. The molecule has 5 heteroatoms. The molecular weight excluding hydrogens is 242 g/mol. The maximum atomic E-state index is 11.9. The number of ether oxygens (including phenoxy) is 1. The Bertz CT molecular complexity index is 428. The molecule has 2 rings (SSSR count). The van der Waals surface area contributed by atoms with Gasteiger partial charge in [-0.05, 0) is 30.9 Å². The van der Waals surface area contributed by atoms with Gasteiger partial charge in [-0.2, -0.15) is 0 Å². The Morgan fingerprint density at radius 2 is 2.42 bits per heavy atom. The van der Waals surface area contributed by atoms with Crippen LogP contribution in [0.5, 0.6) is 0 Å². The number of hydrogen-bond donors (Lipinski definition) is 1. The molecule has 1 unspecified atom stereocenters. The van der Waals surface area contributed by atoms with Crippen LogP contribution in [0.15, 0.2) is 18.3 Å². The highest BCUT2D eigenvalue weighted by atomic mass is 16.5. The van der Waals surface area contributed by atoms with E-state index in [2.05, 4.69) is 10.3 Å². The number of nitrogens with zero attached hydrogens (tertiary/aromatic N) is 2. The number of aromatic nitrogens is 1. The lowest BCUT2D eigenvalue weighted by atomic mass is 10.0. The SMILES string of the molecule is CN(C)c1ncccc1NC(=O)CCC1CCOC1. The van der Waals surface area contributed by atoms with Crippen molar-refractivity contribution in [1.29, 1.82) is 0 Å². The van der Waals surface area contributed by atoms with Gasteiger partial charge in [-0.15, -0.1) is 0 Å². The molecule has 1 amide bonds. The highest BCUT2D eigenvalue weighted by molar-refractivity contribution is 5.93. The van der Waals surface area contributed by atoms with Gasteiger partial charge in [-0.25, -0.2) is 4.98 Å². The quantitative estimate of drug-likeness (QED) is 0.881. The Labute approximate surface area is 114 Å². The van der Waals surface area contributed by atoms with Crippen molar-refractivity contribution in [1.82, 2.24) is 4.98 Å². The van der Waals surface area contributed by atoms with Crippen molar-refractivity contribution in [2.24, 2.45) is 5.92 Å². The number of carbonyl (C=O) groups is 1. The van der Waals surface area contributed by atoms with Crippen LogP contribution in [0, 0.1) is 5.92 Å². The summed E-state index contributed by atoms with van der Waals surface area (Å²) in [7, 11) is 3.82. The lowest BCUT2D eigenvalue weighted by Gasteiger charge is -2.16. The Kier molecular flexibility index (Phi) is 4.74. The van der Waals surface area contributed by atoms with E-state index in [9.17, 15) is 4.79 Å². The summed E-state index contributed by atoms with van der Waals surface area (Å²) in [5.74, 6) is 1.36.